The third-order valence-corrected chi connectivity index (χ3v) is 6.48. The van der Waals surface area contributed by atoms with E-state index in [0.29, 0.717) is 22.0 Å². The van der Waals surface area contributed by atoms with E-state index in [-0.39, 0.29) is 17.7 Å². The van der Waals surface area contributed by atoms with E-state index >= 15 is 0 Å². The first-order valence-corrected chi connectivity index (χ1v) is 12.0. The Hall–Kier alpha value is -4.19. The van der Waals surface area contributed by atoms with E-state index in [1.807, 2.05) is 75.4 Å². The Morgan fingerprint density at radius 3 is 2.11 bits per heavy atom. The molecule has 0 saturated carbocycles. The van der Waals surface area contributed by atoms with Crippen LogP contribution in [0.1, 0.15) is 40.5 Å². The third kappa shape index (κ3) is 4.67. The lowest BCUT2D eigenvalue weighted by molar-refractivity contribution is -0.124. The van der Waals surface area contributed by atoms with Gasteiger partial charge in [-0.15, -0.1) is 0 Å². The number of benzene rings is 3. The number of amides is 1. The molecule has 1 aromatic heterocycles. The van der Waals surface area contributed by atoms with Crippen LogP contribution in [0.15, 0.2) is 71.5 Å². The zero-order valence-electron chi connectivity index (χ0n) is 21.2. The Balaban J connectivity index is 1.77. The average molecular weight is 483 g/mol. The van der Waals surface area contributed by atoms with E-state index in [1.54, 1.807) is 26.1 Å². The van der Waals surface area contributed by atoms with Crippen molar-refractivity contribution in [3.8, 4) is 11.1 Å². The van der Waals surface area contributed by atoms with E-state index in [4.69, 9.17) is 4.74 Å². The number of nitrogens with one attached hydrogen (secondary N) is 1. The van der Waals surface area contributed by atoms with Gasteiger partial charge in [-0.2, -0.15) is 0 Å². The first-order valence-electron chi connectivity index (χ1n) is 12.0. The number of rotatable bonds is 6. The number of nitrogens with zero attached hydrogens (tertiary/aromatic N) is 1. The van der Waals surface area contributed by atoms with Crippen molar-refractivity contribution in [1.29, 1.82) is 0 Å². The van der Waals surface area contributed by atoms with Gasteiger partial charge < -0.3 is 14.6 Å². The Morgan fingerprint density at radius 2 is 1.50 bits per heavy atom. The number of ether oxygens (including phenoxy) is 1. The molecule has 0 aliphatic heterocycles. The van der Waals surface area contributed by atoms with Gasteiger partial charge >= 0.3 is 5.97 Å². The van der Waals surface area contributed by atoms with E-state index in [9.17, 15) is 14.4 Å². The molecule has 0 radical (unpaired) electrons. The summed E-state index contributed by atoms with van der Waals surface area (Å²) in [5.41, 5.74) is 4.81. The van der Waals surface area contributed by atoms with Gasteiger partial charge in [0.1, 0.15) is 5.69 Å². The molecular formula is C30H30N2O4. The average Bonchev–Trinajstić information content (AvgIpc) is 2.87. The molecule has 1 unspecified atom stereocenters. The molecule has 0 fully saturated rings. The van der Waals surface area contributed by atoms with E-state index < -0.39 is 18.0 Å². The van der Waals surface area contributed by atoms with E-state index in [0.717, 1.165) is 22.3 Å². The van der Waals surface area contributed by atoms with Crippen molar-refractivity contribution in [3.63, 3.8) is 0 Å². The lowest BCUT2D eigenvalue weighted by Crippen LogP contribution is -2.34. The summed E-state index contributed by atoms with van der Waals surface area (Å²) in [4.78, 5) is 39.9. The normalized spacial score (nSPS) is 11.8. The number of carbonyl (C=O) groups is 2. The summed E-state index contributed by atoms with van der Waals surface area (Å²) in [6, 6.07) is 20.7. The van der Waals surface area contributed by atoms with Gasteiger partial charge in [0, 0.05) is 23.7 Å². The minimum absolute atomic E-state index is 0.112. The first-order chi connectivity index (χ1) is 17.2. The van der Waals surface area contributed by atoms with Gasteiger partial charge in [-0.3, -0.25) is 9.59 Å². The largest absolute Gasteiger partial charge is 0.448 e. The molecule has 4 aromatic rings. The highest BCUT2D eigenvalue weighted by atomic mass is 16.5. The van der Waals surface area contributed by atoms with Crippen molar-refractivity contribution in [3.05, 3.63) is 99.5 Å². The van der Waals surface area contributed by atoms with Gasteiger partial charge in [0.05, 0.1) is 0 Å². The quantitative estimate of drug-likeness (QED) is 0.357. The molecule has 0 saturated heterocycles. The molecule has 36 heavy (non-hydrogen) atoms. The maximum absolute atomic E-state index is 13.6. The minimum atomic E-state index is -1.02. The van der Waals surface area contributed by atoms with Gasteiger partial charge in [-0.1, -0.05) is 73.2 Å². The zero-order chi connectivity index (χ0) is 26.0. The maximum Gasteiger partial charge on any atom is 0.356 e. The predicted octanol–water partition coefficient (Wildman–Crippen LogP) is 5.70. The summed E-state index contributed by atoms with van der Waals surface area (Å²) in [6.45, 7) is 7.59. The van der Waals surface area contributed by atoms with Crippen molar-refractivity contribution < 1.29 is 14.3 Å². The van der Waals surface area contributed by atoms with Gasteiger partial charge in [-0.05, 0) is 55.3 Å². The molecule has 0 aliphatic carbocycles. The van der Waals surface area contributed by atoms with Crippen LogP contribution in [0, 0.1) is 20.8 Å². The molecule has 0 spiro atoms. The Labute approximate surface area is 210 Å². The second-order valence-electron chi connectivity index (χ2n) is 9.06. The van der Waals surface area contributed by atoms with Crippen LogP contribution in [0.4, 0.5) is 5.69 Å². The summed E-state index contributed by atoms with van der Waals surface area (Å²) in [5.74, 6) is -1.13. The number of anilines is 1. The molecule has 0 aliphatic rings. The van der Waals surface area contributed by atoms with Crippen LogP contribution in [0.3, 0.4) is 0 Å². The zero-order valence-corrected chi connectivity index (χ0v) is 21.2. The fourth-order valence-electron chi connectivity index (χ4n) is 4.44. The molecule has 6 nitrogen and oxygen atoms in total. The number of fused-ring (bicyclic) bond motifs is 1. The smallest absolute Gasteiger partial charge is 0.356 e. The number of pyridine rings is 1. The van der Waals surface area contributed by atoms with Crippen LogP contribution in [0.2, 0.25) is 0 Å². The highest BCUT2D eigenvalue weighted by molar-refractivity contribution is 6.07. The topological polar surface area (TPSA) is 77.4 Å². The van der Waals surface area contributed by atoms with Gasteiger partial charge in [0.15, 0.2) is 6.10 Å². The maximum atomic E-state index is 13.6. The molecular weight excluding hydrogens is 452 g/mol. The molecule has 184 valence electrons. The highest BCUT2D eigenvalue weighted by Crippen LogP contribution is 2.31. The van der Waals surface area contributed by atoms with Crippen molar-refractivity contribution in [2.45, 2.75) is 40.2 Å². The number of esters is 1. The van der Waals surface area contributed by atoms with E-state index in [2.05, 4.69) is 5.32 Å². The first kappa shape index (κ1) is 24.9. The number of hydrogen-bond donors (Lipinski definition) is 1. The fourth-order valence-corrected chi connectivity index (χ4v) is 4.44. The lowest BCUT2D eigenvalue weighted by Gasteiger charge is -2.21. The van der Waals surface area contributed by atoms with Gasteiger partial charge in [0.25, 0.3) is 11.5 Å². The number of hydrogen-bond acceptors (Lipinski definition) is 4. The molecule has 1 N–H and O–H groups in total. The third-order valence-electron chi connectivity index (χ3n) is 6.48. The standard InChI is InChI=1S/C30H30N2O4/c1-6-24(28(33)31-26-19(3)10-9-11-20(26)4)36-30(35)27-25(21-16-14-18(2)15-17-21)22-12-7-8-13-23(22)29(34)32(27)5/h7-17,24H,6H2,1-5H3,(H,31,33). The molecule has 1 amide bonds. The molecule has 0 bridgehead atoms. The highest BCUT2D eigenvalue weighted by Gasteiger charge is 2.28. The summed E-state index contributed by atoms with van der Waals surface area (Å²) in [7, 11) is 1.56. The molecule has 1 atom stereocenters. The predicted molar refractivity (Wildman–Crippen MR) is 143 cm³/mol. The molecule has 1 heterocycles. The van der Waals surface area contributed by atoms with E-state index in [1.165, 1.54) is 4.57 Å². The Kier molecular flexibility index (Phi) is 7.06. The lowest BCUT2D eigenvalue weighted by atomic mass is 9.96. The number of aromatic nitrogens is 1. The van der Waals surface area contributed by atoms with Gasteiger partial charge in [0.2, 0.25) is 0 Å². The Bertz CT molecular complexity index is 1500. The number of carbonyl (C=O) groups excluding carboxylic acids is 2. The van der Waals surface area contributed by atoms with Crippen LogP contribution < -0.4 is 10.9 Å². The molecule has 3 aromatic carbocycles. The number of para-hydroxylation sites is 1. The second-order valence-corrected chi connectivity index (χ2v) is 9.06. The minimum Gasteiger partial charge on any atom is -0.448 e. The van der Waals surface area contributed by atoms with Crippen molar-refractivity contribution in [2.24, 2.45) is 7.05 Å². The van der Waals surface area contributed by atoms with Crippen LogP contribution in [-0.4, -0.2) is 22.5 Å². The van der Waals surface area contributed by atoms with Crippen LogP contribution in [0.25, 0.3) is 21.9 Å². The van der Waals surface area contributed by atoms with Crippen molar-refractivity contribution in [1.82, 2.24) is 4.57 Å². The molecule has 4 rings (SSSR count). The summed E-state index contributed by atoms with van der Waals surface area (Å²) in [5, 5.41) is 4.07. The van der Waals surface area contributed by atoms with Crippen molar-refractivity contribution >= 4 is 28.3 Å². The number of aryl methyl sites for hydroxylation is 3. The second kappa shape index (κ2) is 10.2. The van der Waals surface area contributed by atoms with Crippen LogP contribution in [0.5, 0.6) is 0 Å². The summed E-state index contributed by atoms with van der Waals surface area (Å²) >= 11 is 0. The van der Waals surface area contributed by atoms with Crippen LogP contribution >= 0.6 is 0 Å². The summed E-state index contributed by atoms with van der Waals surface area (Å²) in [6.07, 6.45) is -0.742. The monoisotopic (exact) mass is 482 g/mol. The van der Waals surface area contributed by atoms with Gasteiger partial charge in [-0.25, -0.2) is 4.79 Å². The van der Waals surface area contributed by atoms with Crippen molar-refractivity contribution in [2.75, 3.05) is 5.32 Å². The Morgan fingerprint density at radius 1 is 0.889 bits per heavy atom. The fraction of sp³-hybridized carbons (Fsp3) is 0.233. The summed E-state index contributed by atoms with van der Waals surface area (Å²) < 4.78 is 7.07. The SMILES string of the molecule is CCC(OC(=O)c1c(-c2ccc(C)cc2)c2ccccc2c(=O)n1C)C(=O)Nc1c(C)cccc1C. The molecule has 6 heteroatoms. The van der Waals surface area contributed by atoms with Crippen LogP contribution in [-0.2, 0) is 16.6 Å².